The van der Waals surface area contributed by atoms with E-state index in [2.05, 4.69) is 41.3 Å². The number of aromatic amines is 2. The quantitative estimate of drug-likeness (QED) is 0.793. The lowest BCUT2D eigenvalue weighted by atomic mass is 10.1. The van der Waals surface area contributed by atoms with Crippen molar-refractivity contribution in [2.24, 2.45) is 5.92 Å². The third-order valence-corrected chi connectivity index (χ3v) is 4.22. The van der Waals surface area contributed by atoms with Crippen molar-refractivity contribution in [3.63, 3.8) is 0 Å². The number of nitrogens with one attached hydrogen (secondary N) is 3. The number of fused-ring (bicyclic) bond motifs is 1. The van der Waals surface area contributed by atoms with Crippen LogP contribution >= 0.6 is 0 Å². The van der Waals surface area contributed by atoms with Crippen LogP contribution in [0.2, 0.25) is 0 Å². The van der Waals surface area contributed by atoms with Crippen LogP contribution in [0.1, 0.15) is 44.7 Å². The van der Waals surface area contributed by atoms with Crippen molar-refractivity contribution in [2.75, 3.05) is 0 Å². The highest BCUT2D eigenvalue weighted by atomic mass is 16.1. The van der Waals surface area contributed by atoms with E-state index >= 15 is 0 Å². The van der Waals surface area contributed by atoms with Gasteiger partial charge >= 0.3 is 5.69 Å². The van der Waals surface area contributed by atoms with Gasteiger partial charge in [-0.2, -0.15) is 0 Å². The predicted octanol–water partition coefficient (Wildman–Crippen LogP) is 2.70. The Bertz CT molecular complexity index is 628. The van der Waals surface area contributed by atoms with E-state index in [0.29, 0.717) is 12.1 Å². The highest BCUT2D eigenvalue weighted by Gasteiger charge is 2.22. The Kier molecular flexibility index (Phi) is 3.19. The Morgan fingerprint density at radius 3 is 2.79 bits per heavy atom. The summed E-state index contributed by atoms with van der Waals surface area (Å²) in [4.78, 5) is 16.8. The molecule has 3 N–H and O–H groups in total. The SMILES string of the molecule is CC1CCC(NC(C)c2ccc3[nH]c(=O)[nH]c3c2)C1. The first-order valence-corrected chi connectivity index (χ1v) is 7.10. The molecule has 102 valence electrons. The molecule has 1 aliphatic carbocycles. The van der Waals surface area contributed by atoms with Gasteiger partial charge in [0.15, 0.2) is 0 Å². The Morgan fingerprint density at radius 2 is 2.05 bits per heavy atom. The summed E-state index contributed by atoms with van der Waals surface area (Å²) in [5.74, 6) is 0.841. The van der Waals surface area contributed by atoms with E-state index in [0.717, 1.165) is 17.0 Å². The van der Waals surface area contributed by atoms with Crippen LogP contribution in [0.15, 0.2) is 23.0 Å². The van der Waals surface area contributed by atoms with Gasteiger partial charge in [-0.1, -0.05) is 13.0 Å². The lowest BCUT2D eigenvalue weighted by molar-refractivity contribution is 0.449. The van der Waals surface area contributed by atoms with Gasteiger partial charge in [-0.3, -0.25) is 0 Å². The second-order valence-corrected chi connectivity index (χ2v) is 5.89. The first-order valence-electron chi connectivity index (χ1n) is 7.10. The van der Waals surface area contributed by atoms with Crippen LogP contribution in [-0.2, 0) is 0 Å². The molecule has 3 atom stereocenters. The first kappa shape index (κ1) is 12.5. The molecule has 1 saturated carbocycles. The largest absolute Gasteiger partial charge is 0.323 e. The zero-order valence-corrected chi connectivity index (χ0v) is 11.5. The van der Waals surface area contributed by atoms with Gasteiger partial charge in [0.2, 0.25) is 0 Å². The third kappa shape index (κ3) is 2.59. The maximum Gasteiger partial charge on any atom is 0.323 e. The van der Waals surface area contributed by atoms with Gasteiger partial charge in [-0.25, -0.2) is 4.79 Å². The summed E-state index contributed by atoms with van der Waals surface area (Å²) in [5, 5.41) is 3.69. The molecule has 1 aromatic carbocycles. The molecule has 0 radical (unpaired) electrons. The second-order valence-electron chi connectivity index (χ2n) is 5.89. The van der Waals surface area contributed by atoms with Crippen molar-refractivity contribution >= 4 is 11.0 Å². The van der Waals surface area contributed by atoms with Gasteiger partial charge in [0.25, 0.3) is 0 Å². The summed E-state index contributed by atoms with van der Waals surface area (Å²) >= 11 is 0. The van der Waals surface area contributed by atoms with Crippen molar-refractivity contribution in [3.8, 4) is 0 Å². The van der Waals surface area contributed by atoms with Gasteiger partial charge in [-0.05, 0) is 49.8 Å². The molecule has 1 aromatic heterocycles. The summed E-state index contributed by atoms with van der Waals surface area (Å²) in [6, 6.07) is 7.06. The molecule has 3 unspecified atom stereocenters. The molecule has 1 fully saturated rings. The van der Waals surface area contributed by atoms with Crippen LogP contribution in [0.25, 0.3) is 11.0 Å². The summed E-state index contributed by atoms with van der Waals surface area (Å²) in [5.41, 5.74) is 2.84. The van der Waals surface area contributed by atoms with Gasteiger partial charge in [0.05, 0.1) is 11.0 Å². The molecule has 0 saturated heterocycles. The molecular formula is C15H21N3O. The van der Waals surface area contributed by atoms with Gasteiger partial charge in [0.1, 0.15) is 0 Å². The van der Waals surface area contributed by atoms with E-state index < -0.39 is 0 Å². The van der Waals surface area contributed by atoms with Crippen molar-refractivity contribution in [1.82, 2.24) is 15.3 Å². The minimum absolute atomic E-state index is 0.141. The fourth-order valence-corrected chi connectivity index (χ4v) is 3.13. The Morgan fingerprint density at radius 1 is 1.26 bits per heavy atom. The summed E-state index contributed by atoms with van der Waals surface area (Å²) < 4.78 is 0. The number of hydrogen-bond acceptors (Lipinski definition) is 2. The minimum Gasteiger partial charge on any atom is -0.307 e. The van der Waals surface area contributed by atoms with Crippen molar-refractivity contribution in [1.29, 1.82) is 0 Å². The summed E-state index contributed by atoms with van der Waals surface area (Å²) in [6.07, 6.45) is 3.87. The van der Waals surface area contributed by atoms with Crippen LogP contribution in [0.3, 0.4) is 0 Å². The number of benzene rings is 1. The number of imidazole rings is 1. The van der Waals surface area contributed by atoms with Gasteiger partial charge in [-0.15, -0.1) is 0 Å². The van der Waals surface area contributed by atoms with Crippen molar-refractivity contribution in [2.45, 2.75) is 45.2 Å². The maximum absolute atomic E-state index is 11.3. The fraction of sp³-hybridized carbons (Fsp3) is 0.533. The third-order valence-electron chi connectivity index (χ3n) is 4.22. The molecule has 3 rings (SSSR count). The molecule has 1 heterocycles. The van der Waals surface area contributed by atoms with Crippen LogP contribution in [0, 0.1) is 5.92 Å². The van der Waals surface area contributed by atoms with Crippen LogP contribution in [0.5, 0.6) is 0 Å². The fourth-order valence-electron chi connectivity index (χ4n) is 3.13. The summed E-state index contributed by atoms with van der Waals surface area (Å²) in [6.45, 7) is 4.51. The summed E-state index contributed by atoms with van der Waals surface area (Å²) in [7, 11) is 0. The molecule has 0 amide bonds. The highest BCUT2D eigenvalue weighted by Crippen LogP contribution is 2.27. The van der Waals surface area contributed by atoms with E-state index in [-0.39, 0.29) is 5.69 Å². The monoisotopic (exact) mass is 259 g/mol. The zero-order valence-electron chi connectivity index (χ0n) is 11.5. The Balaban J connectivity index is 1.77. The van der Waals surface area contributed by atoms with E-state index in [1.54, 1.807) is 0 Å². The van der Waals surface area contributed by atoms with Crippen LogP contribution in [-0.4, -0.2) is 16.0 Å². The minimum atomic E-state index is -0.141. The highest BCUT2D eigenvalue weighted by molar-refractivity contribution is 5.75. The zero-order chi connectivity index (χ0) is 13.4. The Labute approximate surface area is 112 Å². The molecule has 4 nitrogen and oxygen atoms in total. The molecule has 0 spiro atoms. The average molecular weight is 259 g/mol. The Hall–Kier alpha value is -1.55. The molecule has 0 aliphatic heterocycles. The molecular weight excluding hydrogens is 238 g/mol. The van der Waals surface area contributed by atoms with E-state index in [1.165, 1.54) is 24.8 Å². The smallest absolute Gasteiger partial charge is 0.307 e. The molecule has 2 aromatic rings. The predicted molar refractivity (Wildman–Crippen MR) is 77.3 cm³/mol. The number of aromatic nitrogens is 2. The van der Waals surface area contributed by atoms with Crippen LogP contribution < -0.4 is 11.0 Å². The van der Waals surface area contributed by atoms with Crippen molar-refractivity contribution in [3.05, 3.63) is 34.2 Å². The first-order chi connectivity index (χ1) is 9.11. The average Bonchev–Trinajstić information content (AvgIpc) is 2.93. The van der Waals surface area contributed by atoms with E-state index in [1.807, 2.05) is 6.07 Å². The maximum atomic E-state index is 11.3. The molecule has 1 aliphatic rings. The lowest BCUT2D eigenvalue weighted by Gasteiger charge is -2.20. The molecule has 0 bridgehead atoms. The van der Waals surface area contributed by atoms with Gasteiger partial charge in [0, 0.05) is 12.1 Å². The van der Waals surface area contributed by atoms with E-state index in [4.69, 9.17) is 0 Å². The standard InChI is InChI=1S/C15H21N3O/c1-9-3-5-12(7-9)16-10(2)11-4-6-13-14(8-11)18-15(19)17-13/h4,6,8-10,12,16H,3,5,7H2,1-2H3,(H2,17,18,19). The van der Waals surface area contributed by atoms with Gasteiger partial charge < -0.3 is 15.3 Å². The lowest BCUT2D eigenvalue weighted by Crippen LogP contribution is -2.29. The second kappa shape index (κ2) is 4.85. The van der Waals surface area contributed by atoms with Crippen molar-refractivity contribution < 1.29 is 0 Å². The van der Waals surface area contributed by atoms with E-state index in [9.17, 15) is 4.79 Å². The topological polar surface area (TPSA) is 60.7 Å². The normalized spacial score (nSPS) is 24.9. The number of hydrogen-bond donors (Lipinski definition) is 3. The number of rotatable bonds is 3. The van der Waals surface area contributed by atoms with Crippen LogP contribution in [0.4, 0.5) is 0 Å². The molecule has 19 heavy (non-hydrogen) atoms. The molecule has 4 heteroatoms. The number of H-pyrrole nitrogens is 2.